The third-order valence-electron chi connectivity index (χ3n) is 3.77. The second-order valence-corrected chi connectivity index (χ2v) is 5.48. The van der Waals surface area contributed by atoms with Gasteiger partial charge in [-0.05, 0) is 24.3 Å². The van der Waals surface area contributed by atoms with E-state index in [2.05, 4.69) is 5.32 Å². The number of carbonyl (C=O) groups is 2. The summed E-state index contributed by atoms with van der Waals surface area (Å²) in [5.41, 5.74) is 1.78. The number of anilines is 3. The Balaban J connectivity index is 1.97. The lowest BCUT2D eigenvalue weighted by Gasteiger charge is -2.27. The topological polar surface area (TPSA) is 61.4 Å². The van der Waals surface area contributed by atoms with Gasteiger partial charge in [-0.3, -0.25) is 9.59 Å². The number of nitrogens with zero attached hydrogens (tertiary/aromatic N) is 1. The molecule has 2 aromatic carbocycles. The molecule has 0 spiro atoms. The van der Waals surface area contributed by atoms with Crippen molar-refractivity contribution in [3.8, 4) is 0 Å². The largest absolute Gasteiger partial charge is 0.471 e. The van der Waals surface area contributed by atoms with Crippen LogP contribution in [0.25, 0.3) is 0 Å². The maximum Gasteiger partial charge on any atom is 0.471 e. The van der Waals surface area contributed by atoms with Crippen molar-refractivity contribution in [2.24, 2.45) is 0 Å². The molecule has 0 fully saturated rings. The maximum absolute atomic E-state index is 12.6. The molecular weight excluding hydrogens is 335 g/mol. The molecule has 2 amide bonds. The molecule has 1 aliphatic heterocycles. The van der Waals surface area contributed by atoms with Crippen molar-refractivity contribution in [3.05, 3.63) is 54.6 Å². The zero-order valence-electron chi connectivity index (χ0n) is 12.9. The number of benzene rings is 2. The molecule has 8 heteroatoms. The molecule has 1 atom stereocenters. The van der Waals surface area contributed by atoms with Crippen LogP contribution in [0.3, 0.4) is 0 Å². The Kier molecular flexibility index (Phi) is 4.35. The maximum atomic E-state index is 12.6. The van der Waals surface area contributed by atoms with Gasteiger partial charge in [-0.1, -0.05) is 30.3 Å². The minimum Gasteiger partial charge on any atom is -0.337 e. The van der Waals surface area contributed by atoms with Crippen molar-refractivity contribution in [2.75, 3.05) is 16.8 Å². The molecule has 0 aromatic heterocycles. The van der Waals surface area contributed by atoms with E-state index in [0.29, 0.717) is 17.1 Å². The lowest BCUT2D eigenvalue weighted by Crippen LogP contribution is -2.52. The van der Waals surface area contributed by atoms with E-state index in [1.165, 1.54) is 0 Å². The fraction of sp³-hybridized carbons (Fsp3) is 0.176. The van der Waals surface area contributed by atoms with Gasteiger partial charge in [0, 0.05) is 5.69 Å². The number of hydrogen-bond acceptors (Lipinski definition) is 3. The number of halogens is 3. The predicted octanol–water partition coefficient (Wildman–Crippen LogP) is 2.82. The lowest BCUT2D eigenvalue weighted by molar-refractivity contribution is -0.174. The Morgan fingerprint density at radius 2 is 1.72 bits per heavy atom. The molecule has 25 heavy (non-hydrogen) atoms. The fourth-order valence-corrected chi connectivity index (χ4v) is 2.60. The van der Waals surface area contributed by atoms with E-state index < -0.39 is 24.0 Å². The van der Waals surface area contributed by atoms with Crippen molar-refractivity contribution in [3.63, 3.8) is 0 Å². The van der Waals surface area contributed by atoms with Crippen LogP contribution in [0.4, 0.5) is 30.2 Å². The number of carbonyl (C=O) groups excluding carboxylic acids is 2. The zero-order chi connectivity index (χ0) is 18.0. The van der Waals surface area contributed by atoms with E-state index in [-0.39, 0.29) is 6.54 Å². The number of amides is 2. The van der Waals surface area contributed by atoms with Crippen LogP contribution in [0.1, 0.15) is 0 Å². The van der Waals surface area contributed by atoms with E-state index >= 15 is 0 Å². The van der Waals surface area contributed by atoms with Gasteiger partial charge in [0.05, 0.1) is 17.9 Å². The summed E-state index contributed by atoms with van der Waals surface area (Å²) >= 11 is 0. The Morgan fingerprint density at radius 1 is 1.08 bits per heavy atom. The first-order valence-corrected chi connectivity index (χ1v) is 7.46. The van der Waals surface area contributed by atoms with E-state index in [0.717, 1.165) is 0 Å². The number of rotatable bonds is 2. The first-order valence-electron chi connectivity index (χ1n) is 7.46. The van der Waals surface area contributed by atoms with Crippen molar-refractivity contribution in [1.82, 2.24) is 5.32 Å². The number of alkyl halides is 3. The number of nitrogens with one attached hydrogen (secondary N) is 2. The van der Waals surface area contributed by atoms with Crippen LogP contribution in [0.5, 0.6) is 0 Å². The molecular formula is C17H14F3N3O2. The molecule has 0 radical (unpaired) electrons. The summed E-state index contributed by atoms with van der Waals surface area (Å²) < 4.78 is 37.7. The monoisotopic (exact) mass is 349 g/mol. The van der Waals surface area contributed by atoms with Gasteiger partial charge in [-0.15, -0.1) is 0 Å². The predicted molar refractivity (Wildman–Crippen MR) is 86.5 cm³/mol. The third-order valence-corrected chi connectivity index (χ3v) is 3.77. The van der Waals surface area contributed by atoms with Gasteiger partial charge >= 0.3 is 12.1 Å². The summed E-state index contributed by atoms with van der Waals surface area (Å²) in [5, 5.41) is 4.33. The van der Waals surface area contributed by atoms with Gasteiger partial charge in [0.25, 0.3) is 0 Å². The van der Waals surface area contributed by atoms with Crippen molar-refractivity contribution >= 4 is 28.9 Å². The van der Waals surface area contributed by atoms with Crippen LogP contribution in [-0.4, -0.2) is 30.6 Å². The molecule has 3 rings (SSSR count). The van der Waals surface area contributed by atoms with Gasteiger partial charge in [-0.2, -0.15) is 13.2 Å². The van der Waals surface area contributed by atoms with E-state index in [1.54, 1.807) is 64.8 Å². The van der Waals surface area contributed by atoms with Crippen LogP contribution in [0.2, 0.25) is 0 Å². The molecule has 5 nitrogen and oxygen atoms in total. The molecule has 0 saturated carbocycles. The van der Waals surface area contributed by atoms with Crippen LogP contribution in [-0.2, 0) is 9.59 Å². The number of hydrogen-bond donors (Lipinski definition) is 2. The molecule has 1 heterocycles. The minimum atomic E-state index is -5.06. The highest BCUT2D eigenvalue weighted by atomic mass is 19.4. The quantitative estimate of drug-likeness (QED) is 0.876. The molecule has 0 bridgehead atoms. The van der Waals surface area contributed by atoms with Gasteiger partial charge in [0.15, 0.2) is 0 Å². The third kappa shape index (κ3) is 3.57. The first-order chi connectivity index (χ1) is 11.9. The van der Waals surface area contributed by atoms with E-state index in [1.807, 2.05) is 0 Å². The second kappa shape index (κ2) is 6.46. The molecule has 1 aliphatic rings. The fourth-order valence-electron chi connectivity index (χ4n) is 2.60. The summed E-state index contributed by atoms with van der Waals surface area (Å²) in [5.74, 6) is -2.85. The summed E-state index contributed by atoms with van der Waals surface area (Å²) in [6, 6.07) is 14.4. The average molecular weight is 349 g/mol. The van der Waals surface area contributed by atoms with Crippen LogP contribution < -0.4 is 15.5 Å². The Hall–Kier alpha value is -3.03. The van der Waals surface area contributed by atoms with Gasteiger partial charge in [0.2, 0.25) is 5.91 Å². The van der Waals surface area contributed by atoms with Crippen LogP contribution in [0, 0.1) is 0 Å². The van der Waals surface area contributed by atoms with Crippen molar-refractivity contribution in [1.29, 1.82) is 0 Å². The number of fused-ring (bicyclic) bond motifs is 1. The van der Waals surface area contributed by atoms with E-state index in [9.17, 15) is 22.8 Å². The SMILES string of the molecule is O=C1Nc2ccccc2N(c2ccccc2)CC1NC(=O)C(F)(F)F. The summed E-state index contributed by atoms with van der Waals surface area (Å²) in [6.45, 7) is -0.130. The van der Waals surface area contributed by atoms with Gasteiger partial charge in [0.1, 0.15) is 6.04 Å². The first kappa shape index (κ1) is 16.8. The smallest absolute Gasteiger partial charge is 0.337 e. The normalized spacial score (nSPS) is 17.3. The standard InChI is InChI=1S/C17H14F3N3O2/c18-17(19,20)16(25)22-13-10-23(11-6-2-1-3-7-11)14-9-5-4-8-12(14)21-15(13)24/h1-9,13H,10H2,(H,21,24)(H,22,25). The molecule has 130 valence electrons. The average Bonchev–Trinajstić information content (AvgIpc) is 2.72. The highest BCUT2D eigenvalue weighted by Gasteiger charge is 2.42. The lowest BCUT2D eigenvalue weighted by atomic mass is 10.2. The highest BCUT2D eigenvalue weighted by Crippen LogP contribution is 2.34. The Bertz CT molecular complexity index is 793. The highest BCUT2D eigenvalue weighted by molar-refractivity contribution is 6.02. The van der Waals surface area contributed by atoms with Gasteiger partial charge in [-0.25, -0.2) is 0 Å². The zero-order valence-corrected chi connectivity index (χ0v) is 12.9. The molecule has 2 aromatic rings. The molecule has 0 saturated heterocycles. The van der Waals surface area contributed by atoms with Crippen LogP contribution >= 0.6 is 0 Å². The summed E-state index contributed by atoms with van der Waals surface area (Å²) in [6.07, 6.45) is -5.06. The Labute approximate surface area is 141 Å². The van der Waals surface area contributed by atoms with Crippen molar-refractivity contribution in [2.45, 2.75) is 12.2 Å². The Morgan fingerprint density at radius 3 is 2.40 bits per heavy atom. The van der Waals surface area contributed by atoms with Crippen LogP contribution in [0.15, 0.2) is 54.6 Å². The molecule has 0 aliphatic carbocycles. The summed E-state index contributed by atoms with van der Waals surface area (Å²) in [4.78, 5) is 25.3. The van der Waals surface area contributed by atoms with Gasteiger partial charge < -0.3 is 15.5 Å². The molecule has 1 unspecified atom stereocenters. The number of para-hydroxylation sites is 3. The minimum absolute atomic E-state index is 0.130. The van der Waals surface area contributed by atoms with E-state index in [4.69, 9.17) is 0 Å². The van der Waals surface area contributed by atoms with Crippen molar-refractivity contribution < 1.29 is 22.8 Å². The second-order valence-electron chi connectivity index (χ2n) is 5.48. The molecule has 2 N–H and O–H groups in total. The summed E-state index contributed by atoms with van der Waals surface area (Å²) in [7, 11) is 0.